The molecule has 3 N–H and O–H groups in total. The average Bonchev–Trinajstić information content (AvgIpc) is 3.01. The van der Waals surface area contributed by atoms with Crippen molar-refractivity contribution >= 4 is 17.7 Å². The van der Waals surface area contributed by atoms with E-state index in [0.717, 1.165) is 23.7 Å². The molecule has 1 aromatic rings. The minimum Gasteiger partial charge on any atom is -0.454 e. The van der Waals surface area contributed by atoms with E-state index in [2.05, 4.69) is 17.5 Å². The Bertz CT molecular complexity index is 549. The molecule has 0 radical (unpaired) electrons. The van der Waals surface area contributed by atoms with E-state index in [-0.39, 0.29) is 17.9 Å². The van der Waals surface area contributed by atoms with Gasteiger partial charge in [-0.3, -0.25) is 4.79 Å². The first-order valence-electron chi connectivity index (χ1n) is 8.65. The quantitative estimate of drug-likeness (QED) is 0.780. The Morgan fingerprint density at radius 3 is 2.78 bits per heavy atom. The lowest BCUT2D eigenvalue weighted by atomic mass is 9.88. The molecule has 0 unspecified atom stereocenters. The van der Waals surface area contributed by atoms with Crippen molar-refractivity contribution in [2.24, 2.45) is 11.7 Å². The highest BCUT2D eigenvalue weighted by molar-refractivity contribution is 7.99. The third-order valence-electron chi connectivity index (χ3n) is 4.81. The first-order valence-corrected chi connectivity index (χ1v) is 9.53. The van der Waals surface area contributed by atoms with Crippen molar-refractivity contribution < 1.29 is 9.21 Å². The fourth-order valence-electron chi connectivity index (χ4n) is 3.45. The van der Waals surface area contributed by atoms with Crippen LogP contribution in [0.15, 0.2) is 33.8 Å². The zero-order chi connectivity index (χ0) is 16.1. The van der Waals surface area contributed by atoms with Gasteiger partial charge < -0.3 is 15.5 Å². The Hall–Kier alpha value is -1.20. The molecule has 3 rings (SSSR count). The van der Waals surface area contributed by atoms with Gasteiger partial charge in [0.2, 0.25) is 5.91 Å². The van der Waals surface area contributed by atoms with E-state index in [4.69, 9.17) is 10.2 Å². The van der Waals surface area contributed by atoms with E-state index in [1.54, 1.807) is 0 Å². The zero-order valence-corrected chi connectivity index (χ0v) is 14.3. The summed E-state index contributed by atoms with van der Waals surface area (Å²) in [5.41, 5.74) is 5.50. The minimum absolute atomic E-state index is 0.108. The van der Waals surface area contributed by atoms with Gasteiger partial charge in [-0.05, 0) is 37.8 Å². The lowest BCUT2D eigenvalue weighted by molar-refractivity contribution is -0.122. The Morgan fingerprint density at radius 1 is 1.22 bits per heavy atom. The number of primary amides is 1. The molecule has 1 fully saturated rings. The third kappa shape index (κ3) is 4.64. The molecule has 1 heterocycles. The maximum absolute atomic E-state index is 11.5. The molecular weight excluding hydrogens is 308 g/mol. The predicted octanol–water partition coefficient (Wildman–Crippen LogP) is 3.61. The van der Waals surface area contributed by atoms with Gasteiger partial charge in [0.15, 0.2) is 5.09 Å². The van der Waals surface area contributed by atoms with Gasteiger partial charge in [-0.1, -0.05) is 43.2 Å². The van der Waals surface area contributed by atoms with Gasteiger partial charge in [-0.2, -0.15) is 0 Å². The summed E-state index contributed by atoms with van der Waals surface area (Å²) < 4.78 is 5.94. The SMILES string of the molecule is NC(=O)[C@@H]1CC=CC[C@H]1NCc1ccc(SC2CCCCC2)o1. The summed E-state index contributed by atoms with van der Waals surface area (Å²) in [6.07, 6.45) is 12.4. The lowest BCUT2D eigenvalue weighted by Crippen LogP contribution is -2.43. The van der Waals surface area contributed by atoms with Gasteiger partial charge in [0.05, 0.1) is 12.5 Å². The summed E-state index contributed by atoms with van der Waals surface area (Å²) in [5, 5.41) is 5.16. The van der Waals surface area contributed by atoms with Crippen LogP contribution in [0.1, 0.15) is 50.7 Å². The molecule has 1 aromatic heterocycles. The Balaban J connectivity index is 1.50. The molecule has 23 heavy (non-hydrogen) atoms. The van der Waals surface area contributed by atoms with Crippen molar-refractivity contribution in [2.75, 3.05) is 0 Å². The van der Waals surface area contributed by atoms with Gasteiger partial charge in [0, 0.05) is 11.3 Å². The molecule has 2 aliphatic carbocycles. The lowest BCUT2D eigenvalue weighted by Gasteiger charge is -2.26. The number of amides is 1. The third-order valence-corrected chi connectivity index (χ3v) is 6.06. The number of hydrogen-bond donors (Lipinski definition) is 2. The van der Waals surface area contributed by atoms with E-state index in [1.165, 1.54) is 32.1 Å². The second-order valence-electron chi connectivity index (χ2n) is 6.54. The number of nitrogens with one attached hydrogen (secondary N) is 1. The highest BCUT2D eigenvalue weighted by Gasteiger charge is 2.26. The predicted molar refractivity (Wildman–Crippen MR) is 93.1 cm³/mol. The number of furan rings is 1. The highest BCUT2D eigenvalue weighted by atomic mass is 32.2. The van der Waals surface area contributed by atoms with Crippen molar-refractivity contribution in [3.63, 3.8) is 0 Å². The van der Waals surface area contributed by atoms with E-state index in [1.807, 2.05) is 23.9 Å². The topological polar surface area (TPSA) is 68.3 Å². The van der Waals surface area contributed by atoms with Crippen molar-refractivity contribution in [2.45, 2.75) is 67.9 Å². The van der Waals surface area contributed by atoms with Gasteiger partial charge in [-0.15, -0.1) is 0 Å². The summed E-state index contributed by atoms with van der Waals surface area (Å²) in [6.45, 7) is 0.646. The number of hydrogen-bond acceptors (Lipinski definition) is 4. The molecule has 0 bridgehead atoms. The van der Waals surface area contributed by atoms with Crippen LogP contribution in [-0.4, -0.2) is 17.2 Å². The molecule has 5 heteroatoms. The Morgan fingerprint density at radius 2 is 2.00 bits per heavy atom. The maximum Gasteiger partial charge on any atom is 0.222 e. The van der Waals surface area contributed by atoms with Crippen molar-refractivity contribution in [3.8, 4) is 0 Å². The van der Waals surface area contributed by atoms with Crippen LogP contribution >= 0.6 is 11.8 Å². The molecule has 0 spiro atoms. The number of allylic oxidation sites excluding steroid dienone is 1. The van der Waals surface area contributed by atoms with E-state index in [0.29, 0.717) is 11.8 Å². The van der Waals surface area contributed by atoms with E-state index >= 15 is 0 Å². The number of carbonyl (C=O) groups is 1. The first kappa shape index (κ1) is 16.7. The van der Waals surface area contributed by atoms with Gasteiger partial charge >= 0.3 is 0 Å². The normalized spacial score (nSPS) is 25.6. The fourth-order valence-corrected chi connectivity index (χ4v) is 4.65. The fraction of sp³-hybridized carbons (Fsp3) is 0.611. The number of thioether (sulfide) groups is 1. The van der Waals surface area contributed by atoms with Crippen LogP contribution in [0.5, 0.6) is 0 Å². The molecule has 4 nitrogen and oxygen atoms in total. The minimum atomic E-state index is -0.222. The second-order valence-corrected chi connectivity index (χ2v) is 7.84. The van der Waals surface area contributed by atoms with Crippen LogP contribution in [0.3, 0.4) is 0 Å². The largest absolute Gasteiger partial charge is 0.454 e. The van der Waals surface area contributed by atoms with E-state index in [9.17, 15) is 4.79 Å². The summed E-state index contributed by atoms with van der Waals surface area (Å²) in [5.74, 6) is 0.590. The molecular formula is C18H26N2O2S. The van der Waals surface area contributed by atoms with Crippen LogP contribution < -0.4 is 11.1 Å². The smallest absolute Gasteiger partial charge is 0.222 e. The van der Waals surface area contributed by atoms with Crippen molar-refractivity contribution in [1.29, 1.82) is 0 Å². The summed E-state index contributed by atoms with van der Waals surface area (Å²) in [4.78, 5) is 11.5. The van der Waals surface area contributed by atoms with Gasteiger partial charge in [0.1, 0.15) is 5.76 Å². The van der Waals surface area contributed by atoms with E-state index < -0.39 is 0 Å². The number of rotatable bonds is 6. The molecule has 0 saturated heterocycles. The summed E-state index contributed by atoms with van der Waals surface area (Å²) in [6, 6.07) is 4.22. The van der Waals surface area contributed by atoms with Gasteiger partial charge in [0.25, 0.3) is 0 Å². The molecule has 2 aliphatic rings. The van der Waals surface area contributed by atoms with Crippen LogP contribution in [0.25, 0.3) is 0 Å². The Kier molecular flexibility index (Phi) is 5.84. The first-order chi connectivity index (χ1) is 11.2. The van der Waals surface area contributed by atoms with Gasteiger partial charge in [-0.25, -0.2) is 0 Å². The van der Waals surface area contributed by atoms with Crippen molar-refractivity contribution in [3.05, 3.63) is 30.0 Å². The number of nitrogens with two attached hydrogens (primary N) is 1. The standard InChI is InChI=1S/C18H26N2O2S/c19-18(21)15-8-4-5-9-16(15)20-12-13-10-11-17(22-13)23-14-6-2-1-3-7-14/h4-5,10-11,14-16,20H,1-3,6-9,12H2,(H2,19,21)/t15-,16-/m1/s1. The second kappa shape index (κ2) is 8.06. The van der Waals surface area contributed by atoms with Crippen molar-refractivity contribution in [1.82, 2.24) is 5.32 Å². The van der Waals surface area contributed by atoms with Crippen LogP contribution in [0.4, 0.5) is 0 Å². The summed E-state index contributed by atoms with van der Waals surface area (Å²) >= 11 is 1.87. The monoisotopic (exact) mass is 334 g/mol. The average molecular weight is 334 g/mol. The van der Waals surface area contributed by atoms with Crippen LogP contribution in [0.2, 0.25) is 0 Å². The molecule has 2 atom stereocenters. The molecule has 126 valence electrons. The van der Waals surface area contributed by atoms with Crippen LogP contribution in [-0.2, 0) is 11.3 Å². The Labute approximate surface area is 142 Å². The molecule has 0 aliphatic heterocycles. The molecule has 1 saturated carbocycles. The van der Waals surface area contributed by atoms with Crippen LogP contribution in [0, 0.1) is 5.92 Å². The zero-order valence-electron chi connectivity index (χ0n) is 13.5. The summed E-state index contributed by atoms with van der Waals surface area (Å²) in [7, 11) is 0. The number of carbonyl (C=O) groups excluding carboxylic acids is 1. The highest BCUT2D eigenvalue weighted by Crippen LogP contribution is 2.34. The molecule has 1 amide bonds. The molecule has 0 aromatic carbocycles. The maximum atomic E-state index is 11.5.